The van der Waals surface area contributed by atoms with Gasteiger partial charge in [0.15, 0.2) is 0 Å². The van der Waals surface area contributed by atoms with Crippen molar-refractivity contribution < 1.29 is 13.2 Å². The molecule has 7 heteroatoms. The normalized spacial score (nSPS) is 22.2. The van der Waals surface area contributed by atoms with E-state index in [2.05, 4.69) is 4.72 Å². The van der Waals surface area contributed by atoms with E-state index in [0.29, 0.717) is 17.4 Å². The predicted octanol–water partition coefficient (Wildman–Crippen LogP) is 1.05. The van der Waals surface area contributed by atoms with E-state index in [9.17, 15) is 8.42 Å². The van der Waals surface area contributed by atoms with Crippen molar-refractivity contribution in [1.82, 2.24) is 4.72 Å². The van der Waals surface area contributed by atoms with Gasteiger partial charge >= 0.3 is 0 Å². The topological polar surface area (TPSA) is 81.4 Å². The summed E-state index contributed by atoms with van der Waals surface area (Å²) < 4.78 is 32.7. The number of ether oxygens (including phenoxy) is 1. The molecule has 2 atom stereocenters. The Morgan fingerprint density at radius 2 is 2.39 bits per heavy atom. The third-order valence-electron chi connectivity index (χ3n) is 2.97. The van der Waals surface area contributed by atoms with Crippen molar-refractivity contribution >= 4 is 21.4 Å². The van der Waals surface area contributed by atoms with Crippen LogP contribution in [0, 0.1) is 0 Å². The largest absolute Gasteiger partial charge is 0.377 e. The van der Waals surface area contributed by atoms with Gasteiger partial charge in [0.1, 0.15) is 4.21 Å². The van der Waals surface area contributed by atoms with E-state index in [1.54, 1.807) is 12.1 Å². The second-order valence-corrected chi connectivity index (χ2v) is 7.50. The van der Waals surface area contributed by atoms with Gasteiger partial charge < -0.3 is 10.5 Å². The Balaban J connectivity index is 2.06. The highest BCUT2D eigenvalue weighted by Crippen LogP contribution is 2.23. The minimum atomic E-state index is -3.45. The minimum absolute atomic E-state index is 0.0197. The van der Waals surface area contributed by atoms with Crippen LogP contribution in [-0.4, -0.2) is 27.2 Å². The number of thiophene rings is 1. The first-order chi connectivity index (χ1) is 8.53. The predicted molar refractivity (Wildman–Crippen MR) is 71.0 cm³/mol. The maximum absolute atomic E-state index is 12.1. The Bertz CT molecular complexity index is 492. The molecule has 0 radical (unpaired) electrons. The van der Waals surface area contributed by atoms with Gasteiger partial charge in [-0.05, 0) is 31.9 Å². The van der Waals surface area contributed by atoms with E-state index in [1.165, 1.54) is 11.3 Å². The van der Waals surface area contributed by atoms with Gasteiger partial charge in [0.2, 0.25) is 10.0 Å². The van der Waals surface area contributed by atoms with Gasteiger partial charge in [0.25, 0.3) is 0 Å². The molecular weight excluding hydrogens is 272 g/mol. The van der Waals surface area contributed by atoms with Crippen molar-refractivity contribution in [2.75, 3.05) is 6.61 Å². The molecule has 1 aromatic rings. The molecule has 2 rings (SSSR count). The van der Waals surface area contributed by atoms with Gasteiger partial charge in [0.05, 0.1) is 6.10 Å². The summed E-state index contributed by atoms with van der Waals surface area (Å²) in [6.45, 7) is 2.92. The molecule has 0 aliphatic carbocycles. The average molecular weight is 290 g/mol. The SMILES string of the molecule is CC(NS(=O)(=O)c1ccc(CN)s1)C1CCCO1. The smallest absolute Gasteiger partial charge is 0.250 e. The zero-order chi connectivity index (χ0) is 13.2. The Kier molecular flexibility index (Phi) is 4.39. The number of nitrogens with one attached hydrogen (secondary N) is 1. The van der Waals surface area contributed by atoms with Crippen LogP contribution in [-0.2, 0) is 21.3 Å². The summed E-state index contributed by atoms with van der Waals surface area (Å²) in [7, 11) is -3.45. The van der Waals surface area contributed by atoms with Crippen LogP contribution in [0.1, 0.15) is 24.6 Å². The molecule has 0 spiro atoms. The molecule has 3 N–H and O–H groups in total. The van der Waals surface area contributed by atoms with Gasteiger partial charge in [-0.15, -0.1) is 11.3 Å². The average Bonchev–Trinajstić information content (AvgIpc) is 3.00. The summed E-state index contributed by atoms with van der Waals surface area (Å²) >= 11 is 1.21. The summed E-state index contributed by atoms with van der Waals surface area (Å²) in [4.78, 5) is 0.861. The molecule has 1 aliphatic rings. The third-order valence-corrected chi connectivity index (χ3v) is 6.13. The highest BCUT2D eigenvalue weighted by Gasteiger charge is 2.27. The fourth-order valence-corrected chi connectivity index (χ4v) is 4.51. The summed E-state index contributed by atoms with van der Waals surface area (Å²) in [5.41, 5.74) is 5.48. The first-order valence-corrected chi connectivity index (χ1v) is 8.25. The molecule has 2 unspecified atom stereocenters. The third kappa shape index (κ3) is 3.10. The van der Waals surface area contributed by atoms with Crippen LogP contribution in [0.4, 0.5) is 0 Å². The summed E-state index contributed by atoms with van der Waals surface area (Å²) in [5, 5.41) is 0. The number of sulfonamides is 1. The van der Waals surface area contributed by atoms with E-state index in [4.69, 9.17) is 10.5 Å². The van der Waals surface area contributed by atoms with E-state index in [0.717, 1.165) is 17.7 Å². The van der Waals surface area contributed by atoms with Crippen molar-refractivity contribution in [2.24, 2.45) is 5.73 Å². The van der Waals surface area contributed by atoms with Gasteiger partial charge in [-0.1, -0.05) is 0 Å². The lowest BCUT2D eigenvalue weighted by molar-refractivity contribution is 0.0902. The zero-order valence-electron chi connectivity index (χ0n) is 10.3. The van der Waals surface area contributed by atoms with Crippen LogP contribution in [0.2, 0.25) is 0 Å². The molecule has 0 aromatic carbocycles. The number of hydrogen-bond acceptors (Lipinski definition) is 5. The van der Waals surface area contributed by atoms with Crippen molar-refractivity contribution in [3.8, 4) is 0 Å². The molecule has 102 valence electrons. The van der Waals surface area contributed by atoms with Crippen LogP contribution in [0.15, 0.2) is 16.3 Å². The van der Waals surface area contributed by atoms with Crippen LogP contribution in [0.25, 0.3) is 0 Å². The lowest BCUT2D eigenvalue weighted by Crippen LogP contribution is -2.40. The number of rotatable bonds is 5. The Morgan fingerprint density at radius 1 is 1.61 bits per heavy atom. The van der Waals surface area contributed by atoms with Crippen molar-refractivity contribution in [2.45, 2.75) is 42.7 Å². The highest BCUT2D eigenvalue weighted by molar-refractivity contribution is 7.91. The lowest BCUT2D eigenvalue weighted by Gasteiger charge is -2.19. The van der Waals surface area contributed by atoms with E-state index in [-0.39, 0.29) is 12.1 Å². The second-order valence-electron chi connectivity index (χ2n) is 4.39. The summed E-state index contributed by atoms with van der Waals surface area (Å²) in [6.07, 6.45) is 1.88. The van der Waals surface area contributed by atoms with Crippen LogP contribution >= 0.6 is 11.3 Å². The highest BCUT2D eigenvalue weighted by atomic mass is 32.2. The fraction of sp³-hybridized carbons (Fsp3) is 0.636. The van der Waals surface area contributed by atoms with Gasteiger partial charge in [0, 0.05) is 24.1 Å². The van der Waals surface area contributed by atoms with Gasteiger partial charge in [-0.3, -0.25) is 0 Å². The van der Waals surface area contributed by atoms with Crippen molar-refractivity contribution in [1.29, 1.82) is 0 Å². The molecule has 1 aromatic heterocycles. The van der Waals surface area contributed by atoms with E-state index < -0.39 is 10.0 Å². The summed E-state index contributed by atoms with van der Waals surface area (Å²) in [6, 6.07) is 3.13. The second kappa shape index (κ2) is 5.66. The summed E-state index contributed by atoms with van der Waals surface area (Å²) in [5.74, 6) is 0. The number of nitrogens with two attached hydrogens (primary N) is 1. The Hall–Kier alpha value is -0.470. The molecule has 18 heavy (non-hydrogen) atoms. The lowest BCUT2D eigenvalue weighted by atomic mass is 10.1. The van der Waals surface area contributed by atoms with Gasteiger partial charge in [-0.2, -0.15) is 0 Å². The molecule has 1 fully saturated rings. The molecule has 2 heterocycles. The molecule has 0 saturated carbocycles. The minimum Gasteiger partial charge on any atom is -0.377 e. The molecular formula is C11H18N2O3S2. The van der Waals surface area contributed by atoms with Crippen molar-refractivity contribution in [3.05, 3.63) is 17.0 Å². The van der Waals surface area contributed by atoms with E-state index >= 15 is 0 Å². The zero-order valence-corrected chi connectivity index (χ0v) is 11.9. The molecule has 1 aliphatic heterocycles. The maximum Gasteiger partial charge on any atom is 0.250 e. The monoisotopic (exact) mass is 290 g/mol. The Morgan fingerprint density at radius 3 is 2.94 bits per heavy atom. The first kappa shape index (κ1) is 14.0. The van der Waals surface area contributed by atoms with Crippen LogP contribution in [0.5, 0.6) is 0 Å². The molecule has 1 saturated heterocycles. The Labute approximate surface area is 111 Å². The first-order valence-electron chi connectivity index (χ1n) is 5.95. The fourth-order valence-electron chi connectivity index (χ4n) is 1.99. The van der Waals surface area contributed by atoms with Crippen LogP contribution < -0.4 is 10.5 Å². The number of hydrogen-bond donors (Lipinski definition) is 2. The molecule has 0 amide bonds. The van der Waals surface area contributed by atoms with Gasteiger partial charge in [-0.25, -0.2) is 13.1 Å². The van der Waals surface area contributed by atoms with Crippen molar-refractivity contribution in [3.63, 3.8) is 0 Å². The molecule has 5 nitrogen and oxygen atoms in total. The maximum atomic E-state index is 12.1. The van der Waals surface area contributed by atoms with Crippen LogP contribution in [0.3, 0.4) is 0 Å². The standard InChI is InChI=1S/C11H18N2O3S2/c1-8(10-3-2-6-16-10)13-18(14,15)11-5-4-9(7-12)17-11/h4-5,8,10,13H,2-3,6-7,12H2,1H3. The quantitative estimate of drug-likeness (QED) is 0.849. The molecule has 0 bridgehead atoms. The van der Waals surface area contributed by atoms with E-state index in [1.807, 2.05) is 6.92 Å².